The van der Waals surface area contributed by atoms with Gasteiger partial charge in [-0.25, -0.2) is 0 Å². The molecule has 114 valence electrons. The van der Waals surface area contributed by atoms with E-state index < -0.39 is 5.97 Å². The molecule has 0 bridgehead atoms. The van der Waals surface area contributed by atoms with Crippen molar-refractivity contribution in [3.8, 4) is 5.75 Å². The van der Waals surface area contributed by atoms with E-state index in [4.69, 9.17) is 5.11 Å². The maximum Gasteiger partial charge on any atom is 0.317 e. The van der Waals surface area contributed by atoms with Gasteiger partial charge in [0, 0.05) is 25.8 Å². The van der Waals surface area contributed by atoms with Gasteiger partial charge in [-0.3, -0.25) is 14.6 Å². The number of carboxylic acid groups (broad SMARTS) is 1. The van der Waals surface area contributed by atoms with Gasteiger partial charge in [-0.2, -0.15) is 0 Å². The van der Waals surface area contributed by atoms with Gasteiger partial charge >= 0.3 is 5.97 Å². The van der Waals surface area contributed by atoms with E-state index in [2.05, 4.69) is 10.3 Å². The largest absolute Gasteiger partial charge is 0.506 e. The molecular weight excluding hydrogens is 274 g/mol. The van der Waals surface area contributed by atoms with E-state index in [1.165, 1.54) is 18.5 Å². The molecule has 7 heteroatoms. The molecule has 1 fully saturated rings. The molecule has 1 atom stereocenters. The normalized spacial score (nSPS) is 18.5. The van der Waals surface area contributed by atoms with Crippen LogP contribution in [0.4, 0.5) is 0 Å². The zero-order chi connectivity index (χ0) is 15.2. The Morgan fingerprint density at radius 2 is 2.24 bits per heavy atom. The van der Waals surface area contributed by atoms with Crippen molar-refractivity contribution in [1.29, 1.82) is 0 Å². The molecule has 1 unspecified atom stereocenters. The highest BCUT2D eigenvalue weighted by atomic mass is 16.4. The van der Waals surface area contributed by atoms with Crippen LogP contribution in [0.5, 0.6) is 5.75 Å². The average molecular weight is 293 g/mol. The van der Waals surface area contributed by atoms with Crippen molar-refractivity contribution >= 4 is 11.9 Å². The minimum Gasteiger partial charge on any atom is -0.506 e. The zero-order valence-corrected chi connectivity index (χ0v) is 11.7. The molecule has 0 aliphatic carbocycles. The molecule has 1 aromatic rings. The fraction of sp³-hybridized carbons (Fsp3) is 0.500. The summed E-state index contributed by atoms with van der Waals surface area (Å²) in [5, 5.41) is 20.9. The third-order valence-electron chi connectivity index (χ3n) is 3.49. The van der Waals surface area contributed by atoms with E-state index in [0.717, 1.165) is 12.8 Å². The van der Waals surface area contributed by atoms with Crippen LogP contribution in [-0.4, -0.2) is 58.2 Å². The van der Waals surface area contributed by atoms with Crippen molar-refractivity contribution in [2.24, 2.45) is 5.92 Å². The van der Waals surface area contributed by atoms with Gasteiger partial charge in [0.05, 0.1) is 18.3 Å². The van der Waals surface area contributed by atoms with Gasteiger partial charge in [0.2, 0.25) is 0 Å². The summed E-state index contributed by atoms with van der Waals surface area (Å²) in [4.78, 5) is 28.4. The SMILES string of the molecule is O=C(O)CNCC1CCCN(C(=O)c2cncc(O)c2)C1. The number of nitrogens with one attached hydrogen (secondary N) is 1. The van der Waals surface area contributed by atoms with Crippen LogP contribution in [0.15, 0.2) is 18.5 Å². The van der Waals surface area contributed by atoms with E-state index in [0.29, 0.717) is 25.2 Å². The van der Waals surface area contributed by atoms with E-state index in [9.17, 15) is 14.7 Å². The van der Waals surface area contributed by atoms with Crippen molar-refractivity contribution < 1.29 is 19.8 Å². The number of hydrogen-bond donors (Lipinski definition) is 3. The number of likely N-dealkylation sites (tertiary alicyclic amines) is 1. The van der Waals surface area contributed by atoms with Gasteiger partial charge in [-0.15, -0.1) is 0 Å². The maximum atomic E-state index is 12.3. The molecule has 2 rings (SSSR count). The van der Waals surface area contributed by atoms with Crippen LogP contribution in [0.2, 0.25) is 0 Å². The van der Waals surface area contributed by atoms with E-state index in [-0.39, 0.29) is 24.1 Å². The second kappa shape index (κ2) is 7.03. The summed E-state index contributed by atoms with van der Waals surface area (Å²) < 4.78 is 0. The molecule has 1 saturated heterocycles. The molecule has 0 saturated carbocycles. The highest BCUT2D eigenvalue weighted by molar-refractivity contribution is 5.94. The minimum atomic E-state index is -0.885. The van der Waals surface area contributed by atoms with Gasteiger partial charge in [-0.1, -0.05) is 0 Å². The quantitative estimate of drug-likeness (QED) is 0.722. The summed E-state index contributed by atoms with van der Waals surface area (Å²) in [6.45, 7) is 1.76. The first-order valence-electron chi connectivity index (χ1n) is 6.92. The first kappa shape index (κ1) is 15.2. The topological polar surface area (TPSA) is 103 Å². The van der Waals surface area contributed by atoms with Crippen molar-refractivity contribution in [2.45, 2.75) is 12.8 Å². The lowest BCUT2D eigenvalue weighted by Gasteiger charge is -2.32. The molecular formula is C14H19N3O4. The number of amides is 1. The van der Waals surface area contributed by atoms with Gasteiger partial charge in [-0.05, 0) is 24.8 Å². The fourth-order valence-corrected chi connectivity index (χ4v) is 2.53. The summed E-state index contributed by atoms with van der Waals surface area (Å²) in [5.41, 5.74) is 0.370. The molecule has 1 amide bonds. The summed E-state index contributed by atoms with van der Waals surface area (Å²) in [5.74, 6) is -0.823. The first-order valence-corrected chi connectivity index (χ1v) is 6.92. The Bertz CT molecular complexity index is 521. The highest BCUT2D eigenvalue weighted by Gasteiger charge is 2.24. The summed E-state index contributed by atoms with van der Waals surface area (Å²) in [6, 6.07) is 1.40. The van der Waals surface area contributed by atoms with E-state index in [1.807, 2.05) is 0 Å². The van der Waals surface area contributed by atoms with Crippen molar-refractivity contribution in [2.75, 3.05) is 26.2 Å². The Kier molecular flexibility index (Phi) is 5.10. The number of carbonyl (C=O) groups is 2. The van der Waals surface area contributed by atoms with Crippen molar-refractivity contribution in [3.05, 3.63) is 24.0 Å². The third-order valence-corrected chi connectivity index (χ3v) is 3.49. The number of aliphatic carboxylic acids is 1. The Labute approximate surface area is 122 Å². The predicted molar refractivity (Wildman–Crippen MR) is 75.0 cm³/mol. The lowest BCUT2D eigenvalue weighted by atomic mass is 9.97. The fourth-order valence-electron chi connectivity index (χ4n) is 2.53. The Morgan fingerprint density at radius 1 is 1.43 bits per heavy atom. The Hall–Kier alpha value is -2.15. The maximum absolute atomic E-state index is 12.3. The highest BCUT2D eigenvalue weighted by Crippen LogP contribution is 2.19. The van der Waals surface area contributed by atoms with Crippen LogP contribution in [0.25, 0.3) is 0 Å². The predicted octanol–water partition coefficient (Wildman–Crippen LogP) is 0.314. The second-order valence-electron chi connectivity index (χ2n) is 5.22. The number of carbonyl (C=O) groups excluding carboxylic acids is 1. The van der Waals surface area contributed by atoms with Crippen LogP contribution in [0, 0.1) is 5.92 Å². The van der Waals surface area contributed by atoms with Crippen LogP contribution in [-0.2, 0) is 4.79 Å². The van der Waals surface area contributed by atoms with Crippen LogP contribution >= 0.6 is 0 Å². The van der Waals surface area contributed by atoms with Crippen LogP contribution in [0.3, 0.4) is 0 Å². The van der Waals surface area contributed by atoms with Gasteiger partial charge in [0.25, 0.3) is 5.91 Å². The summed E-state index contributed by atoms with van der Waals surface area (Å²) >= 11 is 0. The van der Waals surface area contributed by atoms with E-state index >= 15 is 0 Å². The molecule has 7 nitrogen and oxygen atoms in total. The van der Waals surface area contributed by atoms with Crippen LogP contribution < -0.4 is 5.32 Å². The molecule has 21 heavy (non-hydrogen) atoms. The number of carboxylic acids is 1. The molecule has 1 aliphatic heterocycles. The summed E-state index contributed by atoms with van der Waals surface area (Å²) in [6.07, 6.45) is 4.58. The molecule has 3 N–H and O–H groups in total. The zero-order valence-electron chi connectivity index (χ0n) is 11.7. The number of hydrogen-bond acceptors (Lipinski definition) is 5. The number of rotatable bonds is 5. The molecule has 1 aromatic heterocycles. The third kappa shape index (κ3) is 4.42. The van der Waals surface area contributed by atoms with E-state index in [1.54, 1.807) is 4.90 Å². The Balaban J connectivity index is 1.91. The molecule has 2 heterocycles. The molecule has 1 aliphatic rings. The molecule has 0 spiro atoms. The van der Waals surface area contributed by atoms with Crippen LogP contribution in [0.1, 0.15) is 23.2 Å². The van der Waals surface area contributed by atoms with Gasteiger partial charge in [0.1, 0.15) is 5.75 Å². The number of nitrogens with zero attached hydrogens (tertiary/aromatic N) is 2. The standard InChI is InChI=1S/C14H19N3O4/c18-12-4-11(6-16-7-12)14(21)17-3-1-2-10(9-17)5-15-8-13(19)20/h4,6-7,10,15,18H,1-3,5,8-9H2,(H,19,20). The summed E-state index contributed by atoms with van der Waals surface area (Å²) in [7, 11) is 0. The smallest absolute Gasteiger partial charge is 0.317 e. The first-order chi connectivity index (χ1) is 10.1. The number of aromatic hydroxyl groups is 1. The number of aromatic nitrogens is 1. The number of pyridine rings is 1. The van der Waals surface area contributed by atoms with Gasteiger partial charge < -0.3 is 20.4 Å². The van der Waals surface area contributed by atoms with Gasteiger partial charge in [0.15, 0.2) is 0 Å². The monoisotopic (exact) mass is 293 g/mol. The molecule has 0 radical (unpaired) electrons. The molecule has 0 aromatic carbocycles. The lowest BCUT2D eigenvalue weighted by Crippen LogP contribution is -2.43. The van der Waals surface area contributed by atoms with Crippen molar-refractivity contribution in [3.63, 3.8) is 0 Å². The average Bonchev–Trinajstić information content (AvgIpc) is 2.46. The second-order valence-corrected chi connectivity index (χ2v) is 5.22. The number of piperidine rings is 1. The Morgan fingerprint density at radius 3 is 2.95 bits per heavy atom. The minimum absolute atomic E-state index is 0.0301. The lowest BCUT2D eigenvalue weighted by molar-refractivity contribution is -0.136. The van der Waals surface area contributed by atoms with Crippen molar-refractivity contribution in [1.82, 2.24) is 15.2 Å².